The Morgan fingerprint density at radius 2 is 2.17 bits per heavy atom. The molecule has 0 unspecified atom stereocenters. The van der Waals surface area contributed by atoms with Gasteiger partial charge in [-0.2, -0.15) is 0 Å². The van der Waals surface area contributed by atoms with Crippen molar-refractivity contribution in [3.63, 3.8) is 0 Å². The van der Waals surface area contributed by atoms with Crippen LogP contribution >= 0.6 is 7.82 Å². The number of aromatic nitrogens is 2. The lowest BCUT2D eigenvalue weighted by Crippen LogP contribution is -2.33. The molecular weight excluding hydrogens is 351 g/mol. The van der Waals surface area contributed by atoms with E-state index in [1.54, 1.807) is 0 Å². The van der Waals surface area contributed by atoms with Crippen molar-refractivity contribution < 1.29 is 43.4 Å². The number of rotatable bonds is 7. The molecule has 13 nitrogen and oxygen atoms in total. The fourth-order valence-corrected chi connectivity index (χ4v) is 2.54. The van der Waals surface area contributed by atoms with E-state index < -0.39 is 44.9 Å². The second-order valence-electron chi connectivity index (χ2n) is 4.81. The lowest BCUT2D eigenvalue weighted by atomic mass is 10.1. The first-order valence-electron chi connectivity index (χ1n) is 6.44. The number of primary amides is 1. The van der Waals surface area contributed by atoms with Gasteiger partial charge in [0.25, 0.3) is 5.91 Å². The van der Waals surface area contributed by atoms with Gasteiger partial charge in [-0.25, -0.2) is 9.55 Å². The quantitative estimate of drug-likeness (QED) is 0.217. The first kappa shape index (κ1) is 18.5. The Morgan fingerprint density at radius 1 is 1.50 bits per heavy atom. The molecule has 14 heteroatoms. The lowest BCUT2D eigenvalue weighted by molar-refractivity contribution is -0.105. The summed E-state index contributed by atoms with van der Waals surface area (Å²) in [5.41, 5.74) is 4.81. The zero-order valence-electron chi connectivity index (χ0n) is 11.9. The van der Waals surface area contributed by atoms with Crippen LogP contribution in [0.15, 0.2) is 6.33 Å². The molecule has 1 saturated heterocycles. The van der Waals surface area contributed by atoms with Crippen LogP contribution in [0.1, 0.15) is 16.7 Å². The Morgan fingerprint density at radius 3 is 2.71 bits per heavy atom. The molecule has 0 spiro atoms. The van der Waals surface area contributed by atoms with Crippen LogP contribution in [0.2, 0.25) is 0 Å². The van der Waals surface area contributed by atoms with Crippen molar-refractivity contribution in [3.05, 3.63) is 12.0 Å². The Kier molecular flexibility index (Phi) is 5.35. The van der Waals surface area contributed by atoms with E-state index in [0.29, 0.717) is 0 Å². The summed E-state index contributed by atoms with van der Waals surface area (Å²) in [6, 6.07) is 0. The molecule has 4 atom stereocenters. The fourth-order valence-electron chi connectivity index (χ4n) is 2.20. The highest BCUT2D eigenvalue weighted by Crippen LogP contribution is 2.39. The number of anilines is 1. The first-order chi connectivity index (χ1) is 11.2. The topological polar surface area (TPSA) is 206 Å². The normalized spacial score (nSPS) is 27.2. The minimum absolute atomic E-state index is 0.176. The minimum atomic E-state index is -4.80. The number of carbonyl (C=O) groups excluding carboxylic acids is 2. The van der Waals surface area contributed by atoms with Crippen molar-refractivity contribution in [1.29, 1.82) is 0 Å². The number of hydrogen-bond acceptors (Lipinski definition) is 8. The van der Waals surface area contributed by atoms with Crippen molar-refractivity contribution in [3.8, 4) is 0 Å². The number of aliphatic hydroxyl groups is 2. The van der Waals surface area contributed by atoms with Crippen LogP contribution in [0.4, 0.5) is 5.82 Å². The average Bonchev–Trinajstić information content (AvgIpc) is 3.00. The zero-order chi connectivity index (χ0) is 18.1. The van der Waals surface area contributed by atoms with Gasteiger partial charge in [0.15, 0.2) is 11.9 Å². The summed E-state index contributed by atoms with van der Waals surface area (Å²) < 4.78 is 21.3. The summed E-state index contributed by atoms with van der Waals surface area (Å²) in [5.74, 6) is -1.13. The standard InChI is InChI=1S/C10H15N4O9P/c11-8(18)5-9(13-3-15)14(2-12-5)10-7(17)6(16)4(23-10)1-22-24(19,20)21/h2-4,6-7,10,16-17H,1H2,(H2,11,18)(H,13,15)(H2,19,20,21)/t4-,6-,7-,10-/m1/s1. The molecule has 1 fully saturated rings. The molecule has 0 bridgehead atoms. The highest BCUT2D eigenvalue weighted by molar-refractivity contribution is 7.46. The van der Waals surface area contributed by atoms with Gasteiger partial charge in [-0.15, -0.1) is 0 Å². The molecule has 0 aliphatic carbocycles. The molecule has 1 aliphatic rings. The molecule has 24 heavy (non-hydrogen) atoms. The molecule has 0 aromatic carbocycles. The number of hydrogen-bond donors (Lipinski definition) is 6. The maximum atomic E-state index is 11.3. The maximum Gasteiger partial charge on any atom is 0.469 e. The number of nitrogens with one attached hydrogen (secondary N) is 1. The average molecular weight is 366 g/mol. The van der Waals surface area contributed by atoms with E-state index in [2.05, 4.69) is 14.8 Å². The van der Waals surface area contributed by atoms with E-state index in [1.165, 1.54) is 0 Å². The van der Waals surface area contributed by atoms with Gasteiger partial charge < -0.3 is 35.8 Å². The number of phosphoric acid groups is 1. The predicted molar refractivity (Wildman–Crippen MR) is 74.4 cm³/mol. The lowest BCUT2D eigenvalue weighted by Gasteiger charge is -2.18. The van der Waals surface area contributed by atoms with Crippen LogP contribution in [-0.2, 0) is 18.6 Å². The third-order valence-electron chi connectivity index (χ3n) is 3.24. The number of aliphatic hydroxyl groups excluding tert-OH is 2. The van der Waals surface area contributed by atoms with E-state index in [1.807, 2.05) is 0 Å². The van der Waals surface area contributed by atoms with Crippen LogP contribution < -0.4 is 11.1 Å². The van der Waals surface area contributed by atoms with E-state index >= 15 is 0 Å². The van der Waals surface area contributed by atoms with Crippen molar-refractivity contribution in [2.45, 2.75) is 24.5 Å². The number of ether oxygens (including phenoxy) is 1. The monoisotopic (exact) mass is 366 g/mol. The molecule has 0 radical (unpaired) electrons. The summed E-state index contributed by atoms with van der Waals surface area (Å²) in [6.07, 6.45) is -4.41. The van der Waals surface area contributed by atoms with Crippen LogP contribution in [0.5, 0.6) is 0 Å². The smallest absolute Gasteiger partial charge is 0.387 e. The Labute approximate surface area is 134 Å². The van der Waals surface area contributed by atoms with Gasteiger partial charge >= 0.3 is 7.82 Å². The largest absolute Gasteiger partial charge is 0.469 e. The van der Waals surface area contributed by atoms with Crippen LogP contribution in [0.25, 0.3) is 0 Å². The number of amides is 2. The third kappa shape index (κ3) is 3.79. The van der Waals surface area contributed by atoms with Gasteiger partial charge in [0.1, 0.15) is 24.1 Å². The van der Waals surface area contributed by atoms with Gasteiger partial charge in [0.05, 0.1) is 12.9 Å². The Balaban J connectivity index is 2.25. The molecule has 1 aliphatic heterocycles. The number of imidazole rings is 1. The van der Waals surface area contributed by atoms with Crippen LogP contribution in [0, 0.1) is 0 Å². The molecule has 134 valence electrons. The molecule has 1 aromatic heterocycles. The van der Waals surface area contributed by atoms with E-state index in [-0.39, 0.29) is 17.9 Å². The highest BCUT2D eigenvalue weighted by atomic mass is 31.2. The SMILES string of the molecule is NC(=O)c1ncn([C@@H]2O[C@H](COP(=O)(O)O)[C@@H](O)[C@H]2O)c1NC=O. The van der Waals surface area contributed by atoms with Gasteiger partial charge in [0.2, 0.25) is 6.41 Å². The summed E-state index contributed by atoms with van der Waals surface area (Å²) in [5, 5.41) is 22.1. The van der Waals surface area contributed by atoms with Crippen molar-refractivity contribution in [1.82, 2.24) is 9.55 Å². The molecule has 7 N–H and O–H groups in total. The van der Waals surface area contributed by atoms with Gasteiger partial charge in [0, 0.05) is 0 Å². The number of nitrogens with zero attached hydrogens (tertiary/aromatic N) is 2. The second kappa shape index (κ2) is 6.94. The van der Waals surface area contributed by atoms with Crippen LogP contribution in [0.3, 0.4) is 0 Å². The van der Waals surface area contributed by atoms with Crippen molar-refractivity contribution in [2.24, 2.45) is 5.73 Å². The molecule has 1 aromatic rings. The molecular formula is C10H15N4O9P. The number of carbonyl (C=O) groups is 2. The van der Waals surface area contributed by atoms with Crippen molar-refractivity contribution >= 4 is 26.0 Å². The van der Waals surface area contributed by atoms with Gasteiger partial charge in [-0.05, 0) is 0 Å². The van der Waals surface area contributed by atoms with Gasteiger partial charge in [-0.3, -0.25) is 18.7 Å². The van der Waals surface area contributed by atoms with Crippen molar-refractivity contribution in [2.75, 3.05) is 11.9 Å². The first-order valence-corrected chi connectivity index (χ1v) is 7.97. The van der Waals surface area contributed by atoms with Gasteiger partial charge in [-0.1, -0.05) is 0 Å². The zero-order valence-corrected chi connectivity index (χ0v) is 12.8. The Bertz CT molecular complexity index is 673. The summed E-state index contributed by atoms with van der Waals surface area (Å²) in [6.45, 7) is -0.702. The minimum Gasteiger partial charge on any atom is -0.387 e. The highest BCUT2D eigenvalue weighted by Gasteiger charge is 2.45. The predicted octanol–water partition coefficient (Wildman–Crippen LogP) is -2.72. The Hall–Kier alpha value is -1.86. The summed E-state index contributed by atoms with van der Waals surface area (Å²) >= 11 is 0. The molecule has 2 rings (SSSR count). The maximum absolute atomic E-state index is 11.3. The molecule has 2 amide bonds. The van der Waals surface area contributed by atoms with E-state index in [9.17, 15) is 24.4 Å². The fraction of sp³-hybridized carbons (Fsp3) is 0.500. The van der Waals surface area contributed by atoms with E-state index in [0.717, 1.165) is 10.9 Å². The summed E-state index contributed by atoms with van der Waals surface area (Å²) in [4.78, 5) is 43.0. The summed E-state index contributed by atoms with van der Waals surface area (Å²) in [7, 11) is -4.80. The van der Waals surface area contributed by atoms with E-state index in [4.69, 9.17) is 20.3 Å². The van der Waals surface area contributed by atoms with Crippen LogP contribution in [-0.4, -0.2) is 66.8 Å². The second-order valence-corrected chi connectivity index (χ2v) is 6.05. The molecule has 2 heterocycles. The molecule has 0 saturated carbocycles. The third-order valence-corrected chi connectivity index (χ3v) is 3.73. The number of nitrogens with two attached hydrogens (primary N) is 1. The number of phosphoric ester groups is 1.